The fraction of sp³-hybridized carbons (Fsp3) is 0.350. The van der Waals surface area contributed by atoms with Crippen molar-refractivity contribution in [2.24, 2.45) is 0 Å². The third-order valence-corrected chi connectivity index (χ3v) is 4.64. The van der Waals surface area contributed by atoms with E-state index in [-0.39, 0.29) is 17.2 Å². The zero-order valence-corrected chi connectivity index (χ0v) is 15.9. The summed E-state index contributed by atoms with van der Waals surface area (Å²) in [4.78, 5) is 13.0. The molecule has 0 spiro atoms. The van der Waals surface area contributed by atoms with E-state index in [1.54, 1.807) is 4.57 Å². The first kappa shape index (κ1) is 19.7. The number of anilines is 1. The Morgan fingerprint density at radius 3 is 2.29 bits per heavy atom. The van der Waals surface area contributed by atoms with E-state index in [9.17, 15) is 13.9 Å². The van der Waals surface area contributed by atoms with Crippen molar-refractivity contribution < 1.29 is 13.9 Å². The lowest BCUT2D eigenvalue weighted by Crippen LogP contribution is -2.23. The summed E-state index contributed by atoms with van der Waals surface area (Å²) >= 11 is 0. The Labute approximate surface area is 161 Å². The molecule has 0 radical (unpaired) electrons. The molecule has 0 aliphatic heterocycles. The van der Waals surface area contributed by atoms with Gasteiger partial charge < -0.3 is 15.4 Å². The summed E-state index contributed by atoms with van der Waals surface area (Å²) in [5.74, 6) is 4.76. The monoisotopic (exact) mass is 385 g/mol. The highest BCUT2D eigenvalue weighted by molar-refractivity contribution is 5.85. The lowest BCUT2D eigenvalue weighted by molar-refractivity contribution is 0.0931. The molecule has 0 saturated heterocycles. The summed E-state index contributed by atoms with van der Waals surface area (Å²) in [6.45, 7) is 5.98. The van der Waals surface area contributed by atoms with Gasteiger partial charge in [-0.25, -0.2) is 23.7 Å². The molecule has 3 aromatic rings. The Morgan fingerprint density at radius 2 is 1.71 bits per heavy atom. The Bertz CT molecular complexity index is 1070. The average molecular weight is 385 g/mol. The van der Waals surface area contributed by atoms with Gasteiger partial charge in [0.25, 0.3) is 0 Å². The van der Waals surface area contributed by atoms with Crippen molar-refractivity contribution in [3.63, 3.8) is 0 Å². The van der Waals surface area contributed by atoms with Crippen molar-refractivity contribution in [3.05, 3.63) is 35.7 Å². The number of rotatable bonds is 4. The number of benzene rings is 1. The molecule has 2 heterocycles. The van der Waals surface area contributed by atoms with E-state index in [4.69, 9.17) is 5.73 Å². The zero-order chi connectivity index (χ0) is 20.5. The highest BCUT2D eigenvalue weighted by Gasteiger charge is 2.20. The van der Waals surface area contributed by atoms with Gasteiger partial charge in [0.15, 0.2) is 17.0 Å². The number of aryl methyl sites for hydroxylation is 1. The number of nitrogens with zero attached hydrogens (tertiary/aromatic N) is 4. The second kappa shape index (κ2) is 7.52. The van der Waals surface area contributed by atoms with Crippen molar-refractivity contribution in [3.8, 4) is 23.2 Å². The molecule has 146 valence electrons. The molecule has 8 heteroatoms. The maximum Gasteiger partial charge on any atom is 0.209 e. The molecule has 0 amide bonds. The maximum atomic E-state index is 13.7. The summed E-state index contributed by atoms with van der Waals surface area (Å²) in [7, 11) is 0. The number of hydrogen-bond acceptors (Lipinski definition) is 5. The van der Waals surface area contributed by atoms with Gasteiger partial charge in [-0.3, -0.25) is 0 Å². The average Bonchev–Trinajstić information content (AvgIpc) is 3.04. The Morgan fingerprint density at radius 1 is 1.07 bits per heavy atom. The van der Waals surface area contributed by atoms with Gasteiger partial charge in [-0.2, -0.15) is 0 Å². The minimum absolute atomic E-state index is 0.108. The fourth-order valence-corrected chi connectivity index (χ4v) is 2.88. The van der Waals surface area contributed by atoms with E-state index in [0.717, 1.165) is 6.07 Å². The Hall–Kier alpha value is -3.05. The molecule has 6 nitrogen and oxygen atoms in total. The van der Waals surface area contributed by atoms with Crippen molar-refractivity contribution in [2.75, 3.05) is 5.73 Å². The molecule has 0 aliphatic rings. The van der Waals surface area contributed by atoms with Gasteiger partial charge in [-0.1, -0.05) is 19.8 Å². The van der Waals surface area contributed by atoms with Gasteiger partial charge in [0.05, 0.1) is 0 Å². The molecular formula is C20H21F2N5O. The smallest absolute Gasteiger partial charge is 0.209 e. The molecule has 3 rings (SSSR count). The van der Waals surface area contributed by atoms with Crippen LogP contribution >= 0.6 is 0 Å². The molecule has 0 atom stereocenters. The first-order valence-electron chi connectivity index (χ1n) is 9.06. The van der Waals surface area contributed by atoms with E-state index in [0.29, 0.717) is 36.4 Å². The van der Waals surface area contributed by atoms with Gasteiger partial charge >= 0.3 is 0 Å². The number of imidazole rings is 1. The van der Waals surface area contributed by atoms with E-state index >= 15 is 0 Å². The third kappa shape index (κ3) is 3.66. The number of aliphatic hydroxyl groups is 1. The van der Waals surface area contributed by atoms with Crippen LogP contribution in [-0.4, -0.2) is 30.2 Å². The predicted octanol–water partition coefficient (Wildman–Crippen LogP) is 3.28. The van der Waals surface area contributed by atoms with Crippen LogP contribution in [0.2, 0.25) is 0 Å². The molecule has 0 bridgehead atoms. The lowest BCUT2D eigenvalue weighted by Gasteiger charge is -2.16. The molecule has 3 N–H and O–H groups in total. The summed E-state index contributed by atoms with van der Waals surface area (Å²) in [6.07, 6.45) is 0.937. The molecule has 0 unspecified atom stereocenters. The number of aromatic nitrogens is 4. The van der Waals surface area contributed by atoms with Crippen molar-refractivity contribution in [1.29, 1.82) is 0 Å². The number of fused-ring (bicyclic) bond motifs is 1. The van der Waals surface area contributed by atoms with Gasteiger partial charge in [0.1, 0.15) is 23.1 Å². The topological polar surface area (TPSA) is 89.9 Å². The Kier molecular flexibility index (Phi) is 5.29. The van der Waals surface area contributed by atoms with E-state index in [1.807, 2.05) is 20.8 Å². The zero-order valence-electron chi connectivity index (χ0n) is 15.9. The first-order valence-corrected chi connectivity index (χ1v) is 9.06. The molecule has 0 aliphatic carbocycles. The van der Waals surface area contributed by atoms with Crippen molar-refractivity contribution in [1.82, 2.24) is 19.5 Å². The second-order valence-corrected chi connectivity index (χ2v) is 6.43. The molecule has 0 fully saturated rings. The second-order valence-electron chi connectivity index (χ2n) is 6.43. The van der Waals surface area contributed by atoms with E-state index < -0.39 is 17.2 Å². The van der Waals surface area contributed by atoms with Crippen LogP contribution < -0.4 is 5.73 Å². The van der Waals surface area contributed by atoms with Crippen LogP contribution in [0.25, 0.3) is 22.6 Å². The van der Waals surface area contributed by atoms with Gasteiger partial charge in [0, 0.05) is 18.2 Å². The normalized spacial score (nSPS) is 11.5. The maximum absolute atomic E-state index is 13.7. The third-order valence-electron chi connectivity index (χ3n) is 4.64. The molecule has 2 aromatic heterocycles. The quantitative estimate of drug-likeness (QED) is 0.673. The van der Waals surface area contributed by atoms with Crippen molar-refractivity contribution >= 4 is 17.0 Å². The van der Waals surface area contributed by atoms with Crippen LogP contribution in [0.15, 0.2) is 18.2 Å². The molecule has 0 saturated carbocycles. The number of hydrogen-bond donors (Lipinski definition) is 2. The predicted molar refractivity (Wildman–Crippen MR) is 103 cm³/mol. The minimum atomic E-state index is -1.12. The molecule has 28 heavy (non-hydrogen) atoms. The summed E-state index contributed by atoms with van der Waals surface area (Å²) in [5.41, 5.74) is 5.92. The number of halogens is 2. The van der Waals surface area contributed by atoms with Crippen LogP contribution in [0.3, 0.4) is 0 Å². The lowest BCUT2D eigenvalue weighted by atomic mass is 9.98. The van der Waals surface area contributed by atoms with Crippen LogP contribution in [0.1, 0.15) is 39.4 Å². The van der Waals surface area contributed by atoms with Crippen LogP contribution in [0.4, 0.5) is 14.6 Å². The van der Waals surface area contributed by atoms with Crippen LogP contribution in [0.5, 0.6) is 0 Å². The summed E-state index contributed by atoms with van der Waals surface area (Å²) in [6, 6.07) is 3.19. The molecular weight excluding hydrogens is 364 g/mol. The van der Waals surface area contributed by atoms with Gasteiger partial charge in [0.2, 0.25) is 5.82 Å². The standard InChI is InChI=1S/C20H21F2N5O/c1-4-20(28,5-2)8-7-15-24-17(23)16-19(25-15)27(6-3)18(26-16)12-9-13(21)11-14(22)10-12/h9-11,28H,4-6H2,1-3H3,(H2,23,24,25). The minimum Gasteiger partial charge on any atom is -0.382 e. The summed E-state index contributed by atoms with van der Waals surface area (Å²) < 4.78 is 29.0. The highest BCUT2D eigenvalue weighted by atomic mass is 19.1. The number of nitrogen functional groups attached to an aromatic ring is 1. The Balaban J connectivity index is 2.19. The van der Waals surface area contributed by atoms with Crippen LogP contribution in [-0.2, 0) is 6.54 Å². The molecule has 1 aromatic carbocycles. The highest BCUT2D eigenvalue weighted by Crippen LogP contribution is 2.27. The number of nitrogens with two attached hydrogens (primary N) is 1. The van der Waals surface area contributed by atoms with Crippen LogP contribution in [0, 0.1) is 23.5 Å². The summed E-state index contributed by atoms with van der Waals surface area (Å²) in [5, 5.41) is 10.3. The largest absolute Gasteiger partial charge is 0.382 e. The van der Waals surface area contributed by atoms with Crippen molar-refractivity contribution in [2.45, 2.75) is 45.8 Å². The van der Waals surface area contributed by atoms with E-state index in [1.165, 1.54) is 12.1 Å². The van der Waals surface area contributed by atoms with Gasteiger partial charge in [-0.05, 0) is 37.8 Å². The SMILES string of the molecule is CCn1c(-c2cc(F)cc(F)c2)nc2c(N)nc(C#CC(O)(CC)CC)nc21. The fourth-order valence-electron chi connectivity index (χ4n) is 2.88. The van der Waals surface area contributed by atoms with Gasteiger partial charge in [-0.15, -0.1) is 0 Å². The van der Waals surface area contributed by atoms with E-state index in [2.05, 4.69) is 26.8 Å². The first-order chi connectivity index (χ1) is 13.3.